The third-order valence-corrected chi connectivity index (χ3v) is 4.25. The molecule has 0 fully saturated rings. The molecule has 142 valence electrons. The van der Waals surface area contributed by atoms with Gasteiger partial charge in [0.2, 0.25) is 0 Å². The lowest BCUT2D eigenvalue weighted by atomic mass is 10.1. The summed E-state index contributed by atoms with van der Waals surface area (Å²) in [5.41, 5.74) is 1.51. The van der Waals surface area contributed by atoms with Gasteiger partial charge in [0.25, 0.3) is 11.8 Å². The van der Waals surface area contributed by atoms with Crippen LogP contribution in [0.5, 0.6) is 11.5 Å². The molecule has 27 heavy (non-hydrogen) atoms. The van der Waals surface area contributed by atoms with Crippen molar-refractivity contribution in [2.45, 2.75) is 26.2 Å². The zero-order valence-electron chi connectivity index (χ0n) is 15.4. The Bertz CT molecular complexity index is 820. The number of anilines is 1. The molecule has 2 aromatic rings. The summed E-state index contributed by atoms with van der Waals surface area (Å²) in [7, 11) is 0. The van der Waals surface area contributed by atoms with E-state index in [1.165, 1.54) is 0 Å². The van der Waals surface area contributed by atoms with Gasteiger partial charge in [0.1, 0.15) is 13.2 Å². The second-order valence-corrected chi connectivity index (χ2v) is 6.36. The van der Waals surface area contributed by atoms with Crippen LogP contribution in [0.2, 0.25) is 0 Å². The van der Waals surface area contributed by atoms with Crippen LogP contribution in [0.3, 0.4) is 0 Å². The molecule has 0 spiro atoms. The summed E-state index contributed by atoms with van der Waals surface area (Å²) in [5, 5.41) is 5.71. The van der Waals surface area contributed by atoms with Crippen LogP contribution in [0.1, 0.15) is 46.9 Å². The zero-order valence-corrected chi connectivity index (χ0v) is 15.4. The molecule has 0 aliphatic carbocycles. The van der Waals surface area contributed by atoms with Crippen LogP contribution < -0.4 is 20.1 Å². The Hall–Kier alpha value is -3.02. The van der Waals surface area contributed by atoms with E-state index in [2.05, 4.69) is 17.6 Å². The van der Waals surface area contributed by atoms with Crippen molar-refractivity contribution in [1.29, 1.82) is 0 Å². The van der Waals surface area contributed by atoms with Gasteiger partial charge in [-0.2, -0.15) is 0 Å². The quantitative estimate of drug-likeness (QED) is 0.732. The average Bonchev–Trinajstić information content (AvgIpc) is 2.71. The van der Waals surface area contributed by atoms with E-state index in [9.17, 15) is 9.59 Å². The Morgan fingerprint density at radius 2 is 1.67 bits per heavy atom. The lowest BCUT2D eigenvalue weighted by Crippen LogP contribution is -2.24. The van der Waals surface area contributed by atoms with Crippen molar-refractivity contribution in [3.63, 3.8) is 0 Å². The van der Waals surface area contributed by atoms with E-state index in [0.29, 0.717) is 48.1 Å². The molecule has 2 N–H and O–H groups in total. The second-order valence-electron chi connectivity index (χ2n) is 6.36. The zero-order chi connectivity index (χ0) is 19.1. The minimum atomic E-state index is -0.285. The molecule has 2 amide bonds. The highest BCUT2D eigenvalue weighted by molar-refractivity contribution is 6.06. The van der Waals surface area contributed by atoms with Crippen LogP contribution in [-0.4, -0.2) is 31.6 Å². The first-order chi connectivity index (χ1) is 13.2. The molecular formula is C21H24N2O4. The summed E-state index contributed by atoms with van der Waals surface area (Å²) < 4.78 is 11.0. The summed E-state index contributed by atoms with van der Waals surface area (Å²) in [6, 6.07) is 12.0. The summed E-state index contributed by atoms with van der Waals surface area (Å²) >= 11 is 0. The predicted molar refractivity (Wildman–Crippen MR) is 104 cm³/mol. The van der Waals surface area contributed by atoms with Crippen molar-refractivity contribution < 1.29 is 19.1 Å². The number of hydrogen-bond acceptors (Lipinski definition) is 4. The number of carbonyl (C=O) groups excluding carboxylic acids is 2. The monoisotopic (exact) mass is 368 g/mol. The molecule has 1 aliphatic rings. The van der Waals surface area contributed by atoms with Crippen molar-refractivity contribution in [3.05, 3.63) is 53.6 Å². The topological polar surface area (TPSA) is 76.7 Å². The molecule has 0 bridgehead atoms. The van der Waals surface area contributed by atoms with Crippen LogP contribution in [0.25, 0.3) is 0 Å². The molecule has 0 aromatic heterocycles. The largest absolute Gasteiger partial charge is 0.486 e. The number of benzene rings is 2. The molecule has 0 unspecified atom stereocenters. The minimum absolute atomic E-state index is 0.167. The standard InChI is InChI=1S/C21H24N2O4/c1-2-3-4-10-22-20(24)15-6-5-7-16(13-15)21(25)23-17-8-9-18-19(14-17)27-12-11-26-18/h5-9,13-14H,2-4,10-12H2,1H3,(H,22,24)(H,23,25). The lowest BCUT2D eigenvalue weighted by molar-refractivity contribution is 0.0953. The van der Waals surface area contributed by atoms with Crippen LogP contribution in [-0.2, 0) is 0 Å². The molecule has 0 saturated heterocycles. The smallest absolute Gasteiger partial charge is 0.255 e. The molecule has 1 heterocycles. The summed E-state index contributed by atoms with van der Waals surface area (Å²) in [5.74, 6) is 0.827. The van der Waals surface area contributed by atoms with E-state index in [1.807, 2.05) is 0 Å². The Labute approximate surface area is 158 Å². The van der Waals surface area contributed by atoms with Gasteiger partial charge in [-0.1, -0.05) is 25.8 Å². The number of hydrogen-bond donors (Lipinski definition) is 2. The van der Waals surface area contributed by atoms with E-state index in [0.717, 1.165) is 19.3 Å². The van der Waals surface area contributed by atoms with Gasteiger partial charge in [-0.3, -0.25) is 9.59 Å². The maximum atomic E-state index is 12.5. The number of rotatable bonds is 7. The number of amides is 2. The third-order valence-electron chi connectivity index (χ3n) is 4.25. The second kappa shape index (κ2) is 9.07. The van der Waals surface area contributed by atoms with Gasteiger partial charge in [0.05, 0.1) is 0 Å². The molecule has 0 radical (unpaired) electrons. The summed E-state index contributed by atoms with van der Waals surface area (Å²) in [4.78, 5) is 24.8. The van der Waals surface area contributed by atoms with Crippen molar-refractivity contribution in [1.82, 2.24) is 5.32 Å². The Morgan fingerprint density at radius 1 is 0.926 bits per heavy atom. The predicted octanol–water partition coefficient (Wildman–Crippen LogP) is 3.63. The van der Waals surface area contributed by atoms with E-state index in [1.54, 1.807) is 42.5 Å². The van der Waals surface area contributed by atoms with Crippen molar-refractivity contribution in [2.24, 2.45) is 0 Å². The first kappa shape index (κ1) is 18.8. The van der Waals surface area contributed by atoms with Gasteiger partial charge in [0.15, 0.2) is 11.5 Å². The fourth-order valence-corrected chi connectivity index (χ4v) is 2.81. The molecule has 2 aromatic carbocycles. The highest BCUT2D eigenvalue weighted by Crippen LogP contribution is 2.32. The number of fused-ring (bicyclic) bond motifs is 1. The lowest BCUT2D eigenvalue weighted by Gasteiger charge is -2.19. The van der Waals surface area contributed by atoms with Crippen LogP contribution in [0.4, 0.5) is 5.69 Å². The van der Waals surface area contributed by atoms with Crippen LogP contribution >= 0.6 is 0 Å². The number of carbonyl (C=O) groups is 2. The Balaban J connectivity index is 1.64. The van der Waals surface area contributed by atoms with Gasteiger partial charge in [-0.25, -0.2) is 0 Å². The van der Waals surface area contributed by atoms with Crippen LogP contribution in [0.15, 0.2) is 42.5 Å². The van der Waals surface area contributed by atoms with E-state index < -0.39 is 0 Å². The minimum Gasteiger partial charge on any atom is -0.486 e. The van der Waals surface area contributed by atoms with Gasteiger partial charge < -0.3 is 20.1 Å². The van der Waals surface area contributed by atoms with E-state index in [4.69, 9.17) is 9.47 Å². The normalized spacial score (nSPS) is 12.3. The Kier molecular flexibility index (Phi) is 6.30. The van der Waals surface area contributed by atoms with Crippen LogP contribution in [0, 0.1) is 0 Å². The van der Waals surface area contributed by atoms with Gasteiger partial charge in [-0.15, -0.1) is 0 Å². The maximum absolute atomic E-state index is 12.5. The van der Waals surface area contributed by atoms with Crippen molar-refractivity contribution in [2.75, 3.05) is 25.1 Å². The molecule has 3 rings (SSSR count). The van der Waals surface area contributed by atoms with E-state index in [-0.39, 0.29) is 11.8 Å². The molecule has 6 nitrogen and oxygen atoms in total. The molecule has 6 heteroatoms. The number of nitrogens with one attached hydrogen (secondary N) is 2. The molecular weight excluding hydrogens is 344 g/mol. The summed E-state index contributed by atoms with van der Waals surface area (Å²) in [6.07, 6.45) is 3.14. The fourth-order valence-electron chi connectivity index (χ4n) is 2.81. The first-order valence-corrected chi connectivity index (χ1v) is 9.26. The molecule has 1 aliphatic heterocycles. The van der Waals surface area contributed by atoms with E-state index >= 15 is 0 Å². The number of ether oxygens (including phenoxy) is 2. The average molecular weight is 368 g/mol. The molecule has 0 saturated carbocycles. The van der Waals surface area contributed by atoms with Gasteiger partial charge in [-0.05, 0) is 36.8 Å². The third kappa shape index (κ3) is 5.00. The van der Waals surface area contributed by atoms with Gasteiger partial charge >= 0.3 is 0 Å². The highest BCUT2D eigenvalue weighted by atomic mass is 16.6. The van der Waals surface area contributed by atoms with Gasteiger partial charge in [0, 0.05) is 29.4 Å². The Morgan fingerprint density at radius 3 is 2.44 bits per heavy atom. The maximum Gasteiger partial charge on any atom is 0.255 e. The number of unbranched alkanes of at least 4 members (excludes halogenated alkanes) is 2. The first-order valence-electron chi connectivity index (χ1n) is 9.26. The van der Waals surface area contributed by atoms with Crippen molar-refractivity contribution in [3.8, 4) is 11.5 Å². The van der Waals surface area contributed by atoms with Crippen molar-refractivity contribution >= 4 is 17.5 Å². The fraction of sp³-hybridized carbons (Fsp3) is 0.333. The summed E-state index contributed by atoms with van der Waals surface area (Å²) in [6.45, 7) is 3.76. The highest BCUT2D eigenvalue weighted by Gasteiger charge is 2.14. The molecule has 0 atom stereocenters. The SMILES string of the molecule is CCCCCNC(=O)c1cccc(C(=O)Nc2ccc3c(c2)OCCO3)c1.